The highest BCUT2D eigenvalue weighted by Crippen LogP contribution is 2.27. The van der Waals surface area contributed by atoms with Crippen molar-refractivity contribution in [3.63, 3.8) is 0 Å². The third-order valence-electron chi connectivity index (χ3n) is 3.20. The van der Waals surface area contributed by atoms with Crippen LogP contribution in [0, 0.1) is 0 Å². The van der Waals surface area contributed by atoms with E-state index in [4.69, 9.17) is 10.8 Å². The molecule has 0 unspecified atom stereocenters. The Balaban J connectivity index is 1.93. The number of nitrogen functional groups attached to an aromatic ring is 1. The fraction of sp³-hybridized carbons (Fsp3) is 0.154. The second-order valence-electron chi connectivity index (χ2n) is 4.43. The van der Waals surface area contributed by atoms with Crippen molar-refractivity contribution in [1.82, 2.24) is 10.2 Å². The first-order valence-electron chi connectivity index (χ1n) is 5.83. The molecular weight excluding hydrogens is 244 g/mol. The number of fused-ring (bicyclic) bond motifs is 1. The lowest BCUT2D eigenvalue weighted by molar-refractivity contribution is 0.0697. The van der Waals surface area contributed by atoms with Crippen LogP contribution in [0.3, 0.4) is 0 Å². The van der Waals surface area contributed by atoms with Crippen molar-refractivity contribution in [2.45, 2.75) is 13.1 Å². The van der Waals surface area contributed by atoms with Crippen LogP contribution in [0.2, 0.25) is 0 Å². The third kappa shape index (κ3) is 1.97. The maximum absolute atomic E-state index is 11.0. The number of nitrogens with two attached hydrogens (primary N) is 1. The molecule has 1 aliphatic rings. The number of nitrogens with zero attached hydrogens (tertiary/aromatic N) is 3. The minimum absolute atomic E-state index is 0.0130. The average molecular weight is 256 g/mol. The smallest absolute Gasteiger partial charge is 0.339 e. The molecule has 0 saturated heterocycles. The molecule has 0 bridgehead atoms. The summed E-state index contributed by atoms with van der Waals surface area (Å²) in [5, 5.41) is 16.7. The molecule has 0 amide bonds. The Kier molecular flexibility index (Phi) is 2.56. The second kappa shape index (κ2) is 4.24. The van der Waals surface area contributed by atoms with Gasteiger partial charge in [0, 0.05) is 19.2 Å². The van der Waals surface area contributed by atoms with E-state index in [2.05, 4.69) is 22.3 Å². The molecule has 3 rings (SSSR count). The third-order valence-corrected chi connectivity index (χ3v) is 3.20. The van der Waals surface area contributed by atoms with Crippen LogP contribution in [0.4, 0.5) is 11.6 Å². The number of benzene rings is 1. The first-order valence-corrected chi connectivity index (χ1v) is 5.83. The van der Waals surface area contributed by atoms with E-state index in [9.17, 15) is 4.79 Å². The van der Waals surface area contributed by atoms with Gasteiger partial charge in [-0.2, -0.15) is 0 Å². The van der Waals surface area contributed by atoms with Gasteiger partial charge in [0.15, 0.2) is 11.6 Å². The Morgan fingerprint density at radius 2 is 1.84 bits per heavy atom. The zero-order valence-electron chi connectivity index (χ0n) is 10.1. The van der Waals surface area contributed by atoms with Gasteiger partial charge in [-0.25, -0.2) is 4.79 Å². The summed E-state index contributed by atoms with van der Waals surface area (Å²) in [5.41, 5.74) is 7.93. The monoisotopic (exact) mass is 256 g/mol. The molecular formula is C13H12N4O2. The summed E-state index contributed by atoms with van der Waals surface area (Å²) in [4.78, 5) is 13.0. The van der Waals surface area contributed by atoms with Crippen LogP contribution in [0.15, 0.2) is 30.3 Å². The molecule has 0 spiro atoms. The van der Waals surface area contributed by atoms with E-state index in [1.54, 1.807) is 0 Å². The van der Waals surface area contributed by atoms with Gasteiger partial charge in [-0.15, -0.1) is 10.2 Å². The van der Waals surface area contributed by atoms with E-state index in [0.29, 0.717) is 18.9 Å². The van der Waals surface area contributed by atoms with Crippen LogP contribution in [0.25, 0.3) is 0 Å². The highest BCUT2D eigenvalue weighted by atomic mass is 16.4. The molecule has 6 nitrogen and oxygen atoms in total. The largest absolute Gasteiger partial charge is 0.478 e. The average Bonchev–Trinajstić information content (AvgIpc) is 2.82. The number of aromatic nitrogens is 2. The van der Waals surface area contributed by atoms with E-state index in [0.717, 1.165) is 0 Å². The van der Waals surface area contributed by atoms with Gasteiger partial charge in [-0.05, 0) is 11.1 Å². The predicted molar refractivity (Wildman–Crippen MR) is 69.7 cm³/mol. The molecule has 1 aromatic carbocycles. The Bertz CT molecular complexity index is 632. The Labute approximate surface area is 109 Å². The van der Waals surface area contributed by atoms with Crippen molar-refractivity contribution in [1.29, 1.82) is 0 Å². The fourth-order valence-electron chi connectivity index (χ4n) is 2.21. The van der Waals surface area contributed by atoms with E-state index >= 15 is 0 Å². The summed E-state index contributed by atoms with van der Waals surface area (Å²) < 4.78 is 0. The molecule has 1 aromatic heterocycles. The number of hydrogen-bond donors (Lipinski definition) is 2. The summed E-state index contributed by atoms with van der Waals surface area (Å²) in [6, 6.07) is 9.55. The van der Waals surface area contributed by atoms with Gasteiger partial charge in [0.1, 0.15) is 5.56 Å². The summed E-state index contributed by atoms with van der Waals surface area (Å²) in [6.45, 7) is 1.40. The van der Waals surface area contributed by atoms with Gasteiger partial charge in [-0.3, -0.25) is 0 Å². The first kappa shape index (κ1) is 11.5. The van der Waals surface area contributed by atoms with E-state index in [-0.39, 0.29) is 11.4 Å². The normalized spacial score (nSPS) is 13.4. The molecule has 6 heteroatoms. The van der Waals surface area contributed by atoms with Gasteiger partial charge in [0.05, 0.1) is 0 Å². The number of anilines is 2. The molecule has 2 aromatic rings. The molecule has 19 heavy (non-hydrogen) atoms. The van der Waals surface area contributed by atoms with Gasteiger partial charge in [0.25, 0.3) is 0 Å². The van der Waals surface area contributed by atoms with Gasteiger partial charge < -0.3 is 15.7 Å². The van der Waals surface area contributed by atoms with Gasteiger partial charge in [-0.1, -0.05) is 24.3 Å². The summed E-state index contributed by atoms with van der Waals surface area (Å²) >= 11 is 0. The van der Waals surface area contributed by atoms with Crippen LogP contribution >= 0.6 is 0 Å². The van der Waals surface area contributed by atoms with Crippen molar-refractivity contribution in [3.05, 3.63) is 47.0 Å². The van der Waals surface area contributed by atoms with Gasteiger partial charge >= 0.3 is 5.97 Å². The molecule has 96 valence electrons. The second-order valence-corrected chi connectivity index (χ2v) is 4.43. The van der Waals surface area contributed by atoms with Gasteiger partial charge in [0.2, 0.25) is 0 Å². The number of rotatable bonds is 2. The molecule has 3 N–H and O–H groups in total. The van der Waals surface area contributed by atoms with E-state index in [1.165, 1.54) is 17.2 Å². The number of carbonyl (C=O) groups is 1. The molecule has 0 fully saturated rings. The molecule has 1 aliphatic heterocycles. The molecule has 2 heterocycles. The Morgan fingerprint density at radius 1 is 1.21 bits per heavy atom. The summed E-state index contributed by atoms with van der Waals surface area (Å²) in [5.74, 6) is -0.624. The van der Waals surface area contributed by atoms with Crippen LogP contribution in [-0.2, 0) is 13.1 Å². The Hall–Kier alpha value is -2.63. The maximum atomic E-state index is 11.0. The number of aromatic carboxylic acids is 1. The quantitative estimate of drug-likeness (QED) is 0.840. The van der Waals surface area contributed by atoms with E-state index < -0.39 is 5.97 Å². The number of carboxylic acid groups (broad SMARTS) is 1. The van der Waals surface area contributed by atoms with Crippen LogP contribution in [-0.4, -0.2) is 21.3 Å². The zero-order chi connectivity index (χ0) is 13.4. The van der Waals surface area contributed by atoms with Crippen molar-refractivity contribution in [2.24, 2.45) is 0 Å². The van der Waals surface area contributed by atoms with Crippen molar-refractivity contribution >= 4 is 17.6 Å². The molecule has 0 atom stereocenters. The number of carboxylic acids is 1. The van der Waals surface area contributed by atoms with Crippen LogP contribution < -0.4 is 10.6 Å². The minimum Gasteiger partial charge on any atom is -0.478 e. The highest BCUT2D eigenvalue weighted by Gasteiger charge is 2.21. The van der Waals surface area contributed by atoms with Crippen LogP contribution in [0.5, 0.6) is 0 Å². The first-order chi connectivity index (χ1) is 9.15. The fourth-order valence-corrected chi connectivity index (χ4v) is 2.21. The minimum atomic E-state index is -1.09. The molecule has 0 saturated carbocycles. The van der Waals surface area contributed by atoms with Crippen molar-refractivity contribution in [2.75, 3.05) is 10.6 Å². The lowest BCUT2D eigenvalue weighted by Crippen LogP contribution is -2.18. The SMILES string of the molecule is Nc1nnc(N2Cc3ccccc3C2)cc1C(=O)O. The summed E-state index contributed by atoms with van der Waals surface area (Å²) in [7, 11) is 0. The summed E-state index contributed by atoms with van der Waals surface area (Å²) in [6.07, 6.45) is 0. The van der Waals surface area contributed by atoms with Crippen LogP contribution in [0.1, 0.15) is 21.5 Å². The van der Waals surface area contributed by atoms with Crippen molar-refractivity contribution in [3.8, 4) is 0 Å². The Morgan fingerprint density at radius 3 is 2.42 bits per heavy atom. The lowest BCUT2D eigenvalue weighted by Gasteiger charge is -2.16. The molecule has 0 aliphatic carbocycles. The zero-order valence-corrected chi connectivity index (χ0v) is 10.1. The topological polar surface area (TPSA) is 92.3 Å². The van der Waals surface area contributed by atoms with Crippen molar-refractivity contribution < 1.29 is 9.90 Å². The maximum Gasteiger partial charge on any atom is 0.339 e. The highest BCUT2D eigenvalue weighted by molar-refractivity contribution is 5.93. The standard InChI is InChI=1S/C13H12N4O2/c14-12-10(13(18)19)5-11(15-16-12)17-6-8-3-1-2-4-9(8)7-17/h1-5H,6-7H2,(H2,14,16)(H,18,19). The lowest BCUT2D eigenvalue weighted by atomic mass is 10.1. The van der Waals surface area contributed by atoms with E-state index in [1.807, 2.05) is 17.0 Å². The molecule has 0 radical (unpaired) electrons. The predicted octanol–water partition coefficient (Wildman–Crippen LogP) is 1.28. The number of hydrogen-bond acceptors (Lipinski definition) is 5.